The highest BCUT2D eigenvalue weighted by atomic mass is 32.2. The molecule has 1 aliphatic heterocycles. The van der Waals surface area contributed by atoms with E-state index in [1.807, 2.05) is 6.92 Å². The maximum atomic E-state index is 12.7. The predicted molar refractivity (Wildman–Crippen MR) is 104 cm³/mol. The molecule has 2 aromatic rings. The molecule has 0 radical (unpaired) electrons. The first-order chi connectivity index (χ1) is 13.4. The molecular formula is C19H22N4O4S. The van der Waals surface area contributed by atoms with Gasteiger partial charge in [-0.05, 0) is 31.2 Å². The molecule has 3 amide bonds. The van der Waals surface area contributed by atoms with Crippen molar-refractivity contribution in [2.45, 2.75) is 11.8 Å². The molecule has 28 heavy (non-hydrogen) atoms. The quantitative estimate of drug-likeness (QED) is 0.757. The molecule has 1 heterocycles. The first-order valence-corrected chi connectivity index (χ1v) is 10.3. The minimum atomic E-state index is -3.58. The number of carbonyl (C=O) groups is 2. The molecule has 1 saturated heterocycles. The van der Waals surface area contributed by atoms with Crippen LogP contribution in [0.3, 0.4) is 0 Å². The molecule has 1 fully saturated rings. The van der Waals surface area contributed by atoms with Crippen molar-refractivity contribution < 1.29 is 18.0 Å². The van der Waals surface area contributed by atoms with Gasteiger partial charge in [0.15, 0.2) is 0 Å². The van der Waals surface area contributed by atoms with Gasteiger partial charge >= 0.3 is 6.03 Å². The fourth-order valence-corrected chi connectivity index (χ4v) is 4.26. The monoisotopic (exact) mass is 402 g/mol. The molecule has 1 aliphatic rings. The van der Waals surface area contributed by atoms with Crippen LogP contribution >= 0.6 is 0 Å². The summed E-state index contributed by atoms with van der Waals surface area (Å²) in [5.41, 5.74) is 6.13. The zero-order chi connectivity index (χ0) is 20.1. The number of carbonyl (C=O) groups excluding carboxylic acids is 2. The number of nitrogens with zero attached hydrogens (tertiary/aromatic N) is 2. The van der Waals surface area contributed by atoms with E-state index < -0.39 is 22.0 Å². The van der Waals surface area contributed by atoms with Crippen LogP contribution < -0.4 is 10.9 Å². The van der Waals surface area contributed by atoms with Gasteiger partial charge in [0, 0.05) is 31.7 Å². The fourth-order valence-electron chi connectivity index (χ4n) is 2.84. The lowest BCUT2D eigenvalue weighted by Crippen LogP contribution is -2.56. The van der Waals surface area contributed by atoms with Gasteiger partial charge in [0.25, 0.3) is 5.91 Å². The molecule has 2 N–H and O–H groups in total. The van der Waals surface area contributed by atoms with Crippen molar-refractivity contribution in [3.05, 3.63) is 65.7 Å². The number of piperazine rings is 1. The molecule has 0 bridgehead atoms. The number of hydrogen-bond donors (Lipinski definition) is 2. The summed E-state index contributed by atoms with van der Waals surface area (Å²) >= 11 is 0. The van der Waals surface area contributed by atoms with Crippen LogP contribution in [0.4, 0.5) is 4.79 Å². The zero-order valence-electron chi connectivity index (χ0n) is 15.5. The van der Waals surface area contributed by atoms with Gasteiger partial charge in [-0.2, -0.15) is 4.31 Å². The summed E-state index contributed by atoms with van der Waals surface area (Å²) in [6.45, 7) is 2.74. The molecule has 2 aromatic carbocycles. The third kappa shape index (κ3) is 4.49. The highest BCUT2D eigenvalue weighted by molar-refractivity contribution is 7.89. The molecule has 0 unspecified atom stereocenters. The second kappa shape index (κ2) is 8.41. The number of rotatable bonds is 3. The maximum Gasteiger partial charge on any atom is 0.336 e. The van der Waals surface area contributed by atoms with E-state index >= 15 is 0 Å². The highest BCUT2D eigenvalue weighted by Gasteiger charge is 2.30. The van der Waals surface area contributed by atoms with E-state index in [0.29, 0.717) is 5.56 Å². The van der Waals surface area contributed by atoms with E-state index in [0.717, 1.165) is 5.56 Å². The number of nitrogens with one attached hydrogen (secondary N) is 2. The lowest BCUT2D eigenvalue weighted by atomic mass is 10.2. The molecule has 0 aliphatic carbocycles. The van der Waals surface area contributed by atoms with Gasteiger partial charge in [0.05, 0.1) is 4.90 Å². The average Bonchev–Trinajstić information content (AvgIpc) is 2.73. The number of urea groups is 1. The predicted octanol–water partition coefficient (Wildman–Crippen LogP) is 1.36. The number of hydrogen-bond acceptors (Lipinski definition) is 4. The van der Waals surface area contributed by atoms with E-state index in [1.165, 1.54) is 9.21 Å². The summed E-state index contributed by atoms with van der Waals surface area (Å²) in [6, 6.07) is 14.7. The minimum absolute atomic E-state index is 0.191. The van der Waals surface area contributed by atoms with Crippen LogP contribution in [0.1, 0.15) is 15.9 Å². The maximum absolute atomic E-state index is 12.7. The van der Waals surface area contributed by atoms with Gasteiger partial charge in [-0.1, -0.05) is 35.9 Å². The molecule has 0 spiro atoms. The Balaban J connectivity index is 1.52. The van der Waals surface area contributed by atoms with Crippen LogP contribution in [0.15, 0.2) is 59.5 Å². The van der Waals surface area contributed by atoms with E-state index in [4.69, 9.17) is 0 Å². The van der Waals surface area contributed by atoms with Crippen LogP contribution in [-0.2, 0) is 10.0 Å². The van der Waals surface area contributed by atoms with Gasteiger partial charge in [-0.3, -0.25) is 10.2 Å². The third-order valence-corrected chi connectivity index (χ3v) is 6.42. The Hall–Kier alpha value is -2.91. The van der Waals surface area contributed by atoms with Gasteiger partial charge in [-0.25, -0.2) is 18.6 Å². The Morgan fingerprint density at radius 2 is 1.46 bits per heavy atom. The first kappa shape index (κ1) is 19.8. The smallest absolute Gasteiger partial charge is 0.321 e. The van der Waals surface area contributed by atoms with Crippen molar-refractivity contribution in [1.29, 1.82) is 0 Å². The van der Waals surface area contributed by atoms with E-state index in [1.54, 1.807) is 54.6 Å². The average molecular weight is 402 g/mol. The summed E-state index contributed by atoms with van der Waals surface area (Å²) in [4.78, 5) is 25.9. The molecule has 8 nitrogen and oxygen atoms in total. The Bertz CT molecular complexity index is 938. The molecule has 0 atom stereocenters. The van der Waals surface area contributed by atoms with Crippen molar-refractivity contribution in [3.8, 4) is 0 Å². The fraction of sp³-hybridized carbons (Fsp3) is 0.263. The van der Waals surface area contributed by atoms with E-state index in [-0.39, 0.29) is 31.1 Å². The molecule has 9 heteroatoms. The van der Waals surface area contributed by atoms with Crippen LogP contribution in [-0.4, -0.2) is 55.7 Å². The van der Waals surface area contributed by atoms with E-state index in [9.17, 15) is 18.0 Å². The number of amides is 3. The van der Waals surface area contributed by atoms with Crippen LogP contribution in [0.5, 0.6) is 0 Å². The zero-order valence-corrected chi connectivity index (χ0v) is 16.3. The summed E-state index contributed by atoms with van der Waals surface area (Å²) in [7, 11) is -3.58. The third-order valence-electron chi connectivity index (χ3n) is 4.50. The lowest BCUT2D eigenvalue weighted by Gasteiger charge is -2.33. The normalized spacial score (nSPS) is 15.1. The summed E-state index contributed by atoms with van der Waals surface area (Å²) in [5.74, 6) is -0.422. The highest BCUT2D eigenvalue weighted by Crippen LogP contribution is 2.18. The Morgan fingerprint density at radius 1 is 0.857 bits per heavy atom. The van der Waals surface area contributed by atoms with Crippen LogP contribution in [0.2, 0.25) is 0 Å². The van der Waals surface area contributed by atoms with E-state index in [2.05, 4.69) is 10.9 Å². The van der Waals surface area contributed by atoms with Crippen molar-refractivity contribution in [2.24, 2.45) is 0 Å². The number of benzene rings is 2. The van der Waals surface area contributed by atoms with Gasteiger partial charge in [0.1, 0.15) is 0 Å². The first-order valence-electron chi connectivity index (χ1n) is 8.85. The Labute approximate surface area is 164 Å². The Morgan fingerprint density at radius 3 is 2.07 bits per heavy atom. The summed E-state index contributed by atoms with van der Waals surface area (Å²) in [5, 5.41) is 0. The lowest BCUT2D eigenvalue weighted by molar-refractivity contribution is 0.0926. The second-order valence-corrected chi connectivity index (χ2v) is 8.39. The van der Waals surface area contributed by atoms with Gasteiger partial charge in [-0.15, -0.1) is 0 Å². The SMILES string of the molecule is Cc1ccc(S(=O)(=O)N2CCN(C(=O)NNC(=O)c3ccccc3)CC2)cc1. The molecule has 148 valence electrons. The van der Waals surface area contributed by atoms with Gasteiger partial charge in [0.2, 0.25) is 10.0 Å². The van der Waals surface area contributed by atoms with Crippen LogP contribution in [0.25, 0.3) is 0 Å². The summed E-state index contributed by atoms with van der Waals surface area (Å²) in [6.07, 6.45) is 0. The number of hydrazine groups is 1. The topological polar surface area (TPSA) is 98.8 Å². The largest absolute Gasteiger partial charge is 0.336 e. The van der Waals surface area contributed by atoms with Crippen molar-refractivity contribution >= 4 is 22.0 Å². The standard InChI is InChI=1S/C19H22N4O4S/c1-15-7-9-17(10-8-15)28(26,27)23-13-11-22(12-14-23)19(25)21-20-18(24)16-5-3-2-4-6-16/h2-10H,11-14H2,1H3,(H,20,24)(H,21,25). The number of aryl methyl sites for hydroxylation is 1. The molecular weight excluding hydrogens is 380 g/mol. The molecule has 0 saturated carbocycles. The Kier molecular flexibility index (Phi) is 5.96. The number of sulfonamides is 1. The minimum Gasteiger partial charge on any atom is -0.321 e. The van der Waals surface area contributed by atoms with Gasteiger partial charge < -0.3 is 4.90 Å². The molecule has 3 rings (SSSR count). The second-order valence-electron chi connectivity index (χ2n) is 6.45. The van der Waals surface area contributed by atoms with Crippen molar-refractivity contribution in [2.75, 3.05) is 26.2 Å². The van der Waals surface area contributed by atoms with Crippen molar-refractivity contribution in [1.82, 2.24) is 20.1 Å². The van der Waals surface area contributed by atoms with Crippen molar-refractivity contribution in [3.63, 3.8) is 0 Å². The molecule has 0 aromatic heterocycles. The van der Waals surface area contributed by atoms with Crippen LogP contribution in [0, 0.1) is 6.92 Å². The summed E-state index contributed by atoms with van der Waals surface area (Å²) < 4.78 is 26.8.